The van der Waals surface area contributed by atoms with Gasteiger partial charge in [-0.2, -0.15) is 5.10 Å². The average molecular weight is 325 g/mol. The molecule has 3 aromatic rings. The van der Waals surface area contributed by atoms with Crippen LogP contribution in [0.15, 0.2) is 35.7 Å². The van der Waals surface area contributed by atoms with Gasteiger partial charge in [0.2, 0.25) is 0 Å². The van der Waals surface area contributed by atoms with Gasteiger partial charge in [-0.3, -0.25) is 4.79 Å². The lowest BCUT2D eigenvalue weighted by atomic mass is 10.2. The summed E-state index contributed by atoms with van der Waals surface area (Å²) in [7, 11) is 0. The molecule has 0 unspecified atom stereocenters. The van der Waals surface area contributed by atoms with Gasteiger partial charge in [-0.15, -0.1) is 5.10 Å². The summed E-state index contributed by atoms with van der Waals surface area (Å²) in [6.07, 6.45) is 3.18. The molecule has 7 heteroatoms. The average Bonchev–Trinajstić information content (AvgIpc) is 3.31. The minimum atomic E-state index is -0.209. The van der Waals surface area contributed by atoms with Crippen LogP contribution in [0.2, 0.25) is 0 Å². The normalized spacial score (nSPS) is 13.0. The van der Waals surface area contributed by atoms with Crippen molar-refractivity contribution in [2.45, 2.75) is 25.8 Å². The molecule has 2 heterocycles. The van der Waals surface area contributed by atoms with Crippen molar-refractivity contribution < 1.29 is 4.79 Å². The maximum atomic E-state index is 12.0. The lowest BCUT2D eigenvalue weighted by Crippen LogP contribution is -2.24. The smallest absolute Gasteiger partial charge is 0.273 e. The van der Waals surface area contributed by atoms with Crippen LogP contribution in [0.1, 0.15) is 33.9 Å². The molecule has 1 N–H and O–H groups in total. The minimum Gasteiger partial charge on any atom is -0.345 e. The standard InChI is InChI=1S/C16H15N5OS/c22-16(14-10-23-20-18-14)17-9-13-12-7-4-8-15(12)21(19-13)11-5-2-1-3-6-11/h1-3,5-6,10H,4,7-9H2,(H,17,22). The first kappa shape index (κ1) is 14.1. The Morgan fingerprint density at radius 1 is 1.26 bits per heavy atom. The van der Waals surface area contributed by atoms with Crippen molar-refractivity contribution in [3.63, 3.8) is 0 Å². The Hall–Kier alpha value is -2.54. The quantitative estimate of drug-likeness (QED) is 0.798. The number of carbonyl (C=O) groups excluding carboxylic acids is 1. The minimum absolute atomic E-state index is 0.209. The molecule has 0 saturated heterocycles. The molecule has 0 aliphatic heterocycles. The van der Waals surface area contributed by atoms with Crippen molar-refractivity contribution in [2.75, 3.05) is 0 Å². The van der Waals surface area contributed by atoms with Crippen LogP contribution in [0, 0.1) is 0 Å². The second kappa shape index (κ2) is 5.92. The molecule has 1 aliphatic carbocycles. The van der Waals surface area contributed by atoms with Crippen molar-refractivity contribution >= 4 is 17.4 Å². The lowest BCUT2D eigenvalue weighted by Gasteiger charge is -2.05. The van der Waals surface area contributed by atoms with E-state index in [2.05, 4.69) is 27.0 Å². The molecule has 0 spiro atoms. The van der Waals surface area contributed by atoms with Gasteiger partial charge in [0, 0.05) is 11.1 Å². The predicted octanol–water partition coefficient (Wildman–Crippen LogP) is 2.14. The van der Waals surface area contributed by atoms with Crippen LogP contribution in [0.4, 0.5) is 0 Å². The number of para-hydroxylation sites is 1. The number of fused-ring (bicyclic) bond motifs is 1. The summed E-state index contributed by atoms with van der Waals surface area (Å²) in [6, 6.07) is 10.1. The van der Waals surface area contributed by atoms with E-state index >= 15 is 0 Å². The van der Waals surface area contributed by atoms with Crippen LogP contribution in [0.3, 0.4) is 0 Å². The van der Waals surface area contributed by atoms with Crippen LogP contribution < -0.4 is 5.32 Å². The van der Waals surface area contributed by atoms with Gasteiger partial charge in [-0.25, -0.2) is 4.68 Å². The molecule has 6 nitrogen and oxygen atoms in total. The molecule has 116 valence electrons. The Labute approximate surface area is 137 Å². The molecule has 23 heavy (non-hydrogen) atoms. The maximum absolute atomic E-state index is 12.0. The van der Waals surface area contributed by atoms with Crippen LogP contribution in [-0.2, 0) is 19.4 Å². The second-order valence-corrected chi connectivity index (χ2v) is 6.06. The zero-order chi connectivity index (χ0) is 15.6. The summed E-state index contributed by atoms with van der Waals surface area (Å²) < 4.78 is 5.72. The van der Waals surface area contributed by atoms with E-state index in [1.165, 1.54) is 22.8 Å². The van der Waals surface area contributed by atoms with Gasteiger partial charge in [-0.05, 0) is 48.5 Å². The maximum Gasteiger partial charge on any atom is 0.273 e. The number of aromatic nitrogens is 4. The van der Waals surface area contributed by atoms with E-state index in [1.54, 1.807) is 5.38 Å². The van der Waals surface area contributed by atoms with Crippen LogP contribution in [0.5, 0.6) is 0 Å². The summed E-state index contributed by atoms with van der Waals surface area (Å²) in [5.74, 6) is -0.209. The molecule has 0 saturated carbocycles. The predicted molar refractivity (Wildman–Crippen MR) is 86.7 cm³/mol. The zero-order valence-electron chi connectivity index (χ0n) is 12.4. The summed E-state index contributed by atoms with van der Waals surface area (Å²) in [6.45, 7) is 0.415. The molecule has 1 amide bonds. The third-order valence-electron chi connectivity index (χ3n) is 4.02. The van der Waals surface area contributed by atoms with Crippen molar-refractivity contribution in [2.24, 2.45) is 0 Å². The van der Waals surface area contributed by atoms with Crippen LogP contribution in [0.25, 0.3) is 5.69 Å². The zero-order valence-corrected chi connectivity index (χ0v) is 13.2. The topological polar surface area (TPSA) is 72.7 Å². The Morgan fingerprint density at radius 3 is 2.91 bits per heavy atom. The summed E-state index contributed by atoms with van der Waals surface area (Å²) in [5.41, 5.74) is 4.89. The van der Waals surface area contributed by atoms with E-state index in [1.807, 2.05) is 22.9 Å². The van der Waals surface area contributed by atoms with Crippen molar-refractivity contribution in [3.8, 4) is 5.69 Å². The van der Waals surface area contributed by atoms with E-state index in [4.69, 9.17) is 5.10 Å². The van der Waals surface area contributed by atoms with Gasteiger partial charge in [0.15, 0.2) is 5.69 Å². The van der Waals surface area contributed by atoms with E-state index in [0.29, 0.717) is 12.2 Å². The largest absolute Gasteiger partial charge is 0.345 e. The second-order valence-electron chi connectivity index (χ2n) is 5.45. The number of benzene rings is 1. The van der Waals surface area contributed by atoms with Gasteiger partial charge in [0.05, 0.1) is 17.9 Å². The van der Waals surface area contributed by atoms with E-state index in [9.17, 15) is 4.79 Å². The van der Waals surface area contributed by atoms with Gasteiger partial charge < -0.3 is 5.32 Å². The first-order chi connectivity index (χ1) is 11.3. The Kier molecular flexibility index (Phi) is 3.63. The number of amides is 1. The molecule has 0 bridgehead atoms. The number of rotatable bonds is 4. The highest BCUT2D eigenvalue weighted by Gasteiger charge is 2.23. The van der Waals surface area contributed by atoms with E-state index in [-0.39, 0.29) is 5.91 Å². The summed E-state index contributed by atoms with van der Waals surface area (Å²) in [4.78, 5) is 12.0. The highest BCUT2D eigenvalue weighted by Crippen LogP contribution is 2.27. The number of hydrogen-bond acceptors (Lipinski definition) is 5. The lowest BCUT2D eigenvalue weighted by molar-refractivity contribution is 0.0945. The first-order valence-electron chi connectivity index (χ1n) is 7.53. The first-order valence-corrected chi connectivity index (χ1v) is 8.37. The number of nitrogens with zero attached hydrogens (tertiary/aromatic N) is 4. The van der Waals surface area contributed by atoms with E-state index in [0.717, 1.165) is 30.6 Å². The molecule has 2 aromatic heterocycles. The number of nitrogens with one attached hydrogen (secondary N) is 1. The van der Waals surface area contributed by atoms with Gasteiger partial charge in [0.1, 0.15) is 0 Å². The van der Waals surface area contributed by atoms with Crippen LogP contribution >= 0.6 is 11.5 Å². The van der Waals surface area contributed by atoms with E-state index < -0.39 is 0 Å². The third kappa shape index (κ3) is 2.63. The van der Waals surface area contributed by atoms with Crippen molar-refractivity contribution in [1.29, 1.82) is 0 Å². The molecule has 0 atom stereocenters. The molecular formula is C16H15N5OS. The fourth-order valence-electron chi connectivity index (χ4n) is 2.96. The number of carbonyl (C=O) groups is 1. The third-order valence-corrected chi connectivity index (χ3v) is 4.53. The molecule has 1 aromatic carbocycles. The van der Waals surface area contributed by atoms with Gasteiger partial charge in [0.25, 0.3) is 5.91 Å². The fraction of sp³-hybridized carbons (Fsp3) is 0.250. The highest BCUT2D eigenvalue weighted by atomic mass is 32.1. The monoisotopic (exact) mass is 325 g/mol. The SMILES string of the molecule is O=C(NCc1nn(-c2ccccc2)c2c1CCC2)c1csnn1. The molecule has 0 radical (unpaired) electrons. The van der Waals surface area contributed by atoms with Gasteiger partial charge in [-0.1, -0.05) is 22.7 Å². The Morgan fingerprint density at radius 2 is 2.13 bits per heavy atom. The summed E-state index contributed by atoms with van der Waals surface area (Å²) >= 11 is 1.17. The van der Waals surface area contributed by atoms with Crippen LogP contribution in [-0.4, -0.2) is 25.3 Å². The molecular weight excluding hydrogens is 310 g/mol. The molecule has 0 fully saturated rings. The number of hydrogen-bond donors (Lipinski definition) is 1. The summed E-state index contributed by atoms with van der Waals surface area (Å²) in [5, 5.41) is 13.0. The molecule has 1 aliphatic rings. The van der Waals surface area contributed by atoms with Gasteiger partial charge >= 0.3 is 0 Å². The van der Waals surface area contributed by atoms with Crippen molar-refractivity contribution in [3.05, 3.63) is 58.4 Å². The Bertz CT molecular complexity index is 826. The van der Waals surface area contributed by atoms with Crippen molar-refractivity contribution in [1.82, 2.24) is 24.7 Å². The molecule has 4 rings (SSSR count). The highest BCUT2D eigenvalue weighted by molar-refractivity contribution is 7.03. The fourth-order valence-corrected chi connectivity index (χ4v) is 3.39. The Balaban J connectivity index is 1.59.